The Bertz CT molecular complexity index is 1420. The average Bonchev–Trinajstić information content (AvgIpc) is 3.47. The Labute approximate surface area is 501 Å². The molecule has 1 fully saturated rings. The van der Waals surface area contributed by atoms with Crippen molar-refractivity contribution < 1.29 is 39.8 Å². The lowest BCUT2D eigenvalue weighted by atomic mass is 9.99. The number of ether oxygens (including phenoxy) is 2. The highest BCUT2D eigenvalue weighted by Gasteiger charge is 2.44. The van der Waals surface area contributed by atoms with E-state index >= 15 is 0 Å². The van der Waals surface area contributed by atoms with Gasteiger partial charge in [0.1, 0.15) is 24.4 Å². The van der Waals surface area contributed by atoms with E-state index in [1.807, 2.05) is 6.08 Å². The van der Waals surface area contributed by atoms with Crippen LogP contribution in [-0.2, 0) is 14.3 Å². The Balaban J connectivity index is 2.03. The summed E-state index contributed by atoms with van der Waals surface area (Å²) in [4.78, 5) is 13.1. The van der Waals surface area contributed by atoms with Crippen molar-refractivity contribution in [3.63, 3.8) is 0 Å². The lowest BCUT2D eigenvalue weighted by Gasteiger charge is -2.40. The summed E-state index contributed by atoms with van der Waals surface area (Å²) in [6, 6.07) is -0.828. The normalized spacial score (nSPS) is 18.6. The zero-order chi connectivity index (χ0) is 58.6. The molecule has 1 amide bonds. The van der Waals surface area contributed by atoms with Gasteiger partial charge in [-0.15, -0.1) is 0 Å². The van der Waals surface area contributed by atoms with E-state index in [0.717, 1.165) is 44.9 Å². The highest BCUT2D eigenvalue weighted by molar-refractivity contribution is 5.76. The zero-order valence-corrected chi connectivity index (χ0v) is 53.3. The van der Waals surface area contributed by atoms with Gasteiger partial charge in [-0.25, -0.2) is 0 Å². The van der Waals surface area contributed by atoms with Gasteiger partial charge in [-0.3, -0.25) is 4.79 Å². The van der Waals surface area contributed by atoms with Gasteiger partial charge in [0.25, 0.3) is 0 Å². The Morgan fingerprint density at radius 3 is 1.04 bits per heavy atom. The molecule has 0 aromatic heterocycles. The van der Waals surface area contributed by atoms with Crippen molar-refractivity contribution in [1.82, 2.24) is 5.32 Å². The summed E-state index contributed by atoms with van der Waals surface area (Å²) in [5.74, 6) is -0.185. The van der Waals surface area contributed by atoms with Gasteiger partial charge < -0.3 is 40.3 Å². The van der Waals surface area contributed by atoms with E-state index < -0.39 is 49.5 Å². The van der Waals surface area contributed by atoms with Gasteiger partial charge >= 0.3 is 0 Å². The van der Waals surface area contributed by atoms with Crippen LogP contribution < -0.4 is 5.32 Å². The second-order valence-corrected chi connectivity index (χ2v) is 24.7. The molecule has 1 heterocycles. The number of carbonyl (C=O) groups excluding carboxylic acids is 1. The number of hydrogen-bond acceptors (Lipinski definition) is 8. The molecule has 0 saturated carbocycles. The maximum atomic E-state index is 13.1. The average molecular weight is 1140 g/mol. The Morgan fingerprint density at radius 1 is 0.407 bits per heavy atom. The molecule has 81 heavy (non-hydrogen) atoms. The van der Waals surface area contributed by atoms with Crippen LogP contribution in [0.1, 0.15) is 348 Å². The van der Waals surface area contributed by atoms with E-state index in [-0.39, 0.29) is 12.5 Å². The number of amides is 1. The van der Waals surface area contributed by atoms with E-state index in [1.165, 1.54) is 283 Å². The third-order valence-electron chi connectivity index (χ3n) is 16.9. The van der Waals surface area contributed by atoms with Crippen LogP contribution in [0.2, 0.25) is 0 Å². The molecule has 1 aliphatic rings. The minimum atomic E-state index is -1.57. The fraction of sp³-hybridized carbons (Fsp3) is 0.875. The summed E-state index contributed by atoms with van der Waals surface area (Å²) in [6.45, 7) is 3.78. The van der Waals surface area contributed by atoms with Gasteiger partial charge in [-0.05, 0) is 70.6 Å². The molecular weight excluding hydrogens is 1010 g/mol. The summed E-state index contributed by atoms with van der Waals surface area (Å²) in [5, 5.41) is 54.6. The fourth-order valence-corrected chi connectivity index (χ4v) is 11.3. The second kappa shape index (κ2) is 61.2. The molecule has 0 aromatic carbocycles. The number of aliphatic hydroxyl groups is 5. The topological polar surface area (TPSA) is 149 Å². The third-order valence-corrected chi connectivity index (χ3v) is 16.9. The fourth-order valence-electron chi connectivity index (χ4n) is 11.3. The molecule has 0 spiro atoms. The van der Waals surface area contributed by atoms with Gasteiger partial charge in [0.2, 0.25) is 5.91 Å². The summed E-state index contributed by atoms with van der Waals surface area (Å²) in [5.41, 5.74) is 0. The van der Waals surface area contributed by atoms with Gasteiger partial charge in [0.05, 0.1) is 25.4 Å². The first kappa shape index (κ1) is 77.2. The molecule has 1 saturated heterocycles. The standard InChI is InChI=1S/C72H135NO8/c1-3-5-7-9-11-13-15-17-19-21-22-23-24-25-26-27-28-29-30-31-32-33-34-35-36-37-38-39-40-41-42-43-44-46-48-50-52-54-56-58-60-62-68(76)73-65(64-80-72-71(79)70(78)69(77)67(63-74)81-72)66(75)61-59-57-55-53-51-49-47-45-20-18-16-14-12-10-8-6-4-2/h20-22,45,51,53,59,61,65-67,69-72,74-75,77-79H,3-19,23-44,46-50,52,54-58,60,62-64H2,1-2H3,(H,73,76)/b22-21-,45-20+,53-51+,61-59+. The second-order valence-electron chi connectivity index (χ2n) is 24.7. The summed E-state index contributed by atoms with van der Waals surface area (Å²) in [6.07, 6.45) is 76.8. The Kier molecular flexibility index (Phi) is 58.3. The molecular formula is C72H135NO8. The molecule has 7 atom stereocenters. The van der Waals surface area contributed by atoms with Gasteiger partial charge in [0, 0.05) is 6.42 Å². The first-order valence-corrected chi connectivity index (χ1v) is 35.4. The Morgan fingerprint density at radius 2 is 0.704 bits per heavy atom. The molecule has 9 heteroatoms. The van der Waals surface area contributed by atoms with Crippen molar-refractivity contribution in [1.29, 1.82) is 0 Å². The van der Waals surface area contributed by atoms with Crippen molar-refractivity contribution in [3.8, 4) is 0 Å². The number of carbonyl (C=O) groups is 1. The third kappa shape index (κ3) is 50.1. The Hall–Kier alpha value is -1.85. The molecule has 0 aromatic rings. The van der Waals surface area contributed by atoms with E-state index in [0.29, 0.717) is 6.42 Å². The van der Waals surface area contributed by atoms with E-state index in [2.05, 4.69) is 55.6 Å². The number of rotatable bonds is 62. The number of hydrogen-bond donors (Lipinski definition) is 6. The number of unbranched alkanes of at least 4 members (excludes halogenated alkanes) is 46. The monoisotopic (exact) mass is 1140 g/mol. The number of nitrogens with one attached hydrogen (secondary N) is 1. The molecule has 0 bridgehead atoms. The van der Waals surface area contributed by atoms with Crippen molar-refractivity contribution in [2.75, 3.05) is 13.2 Å². The molecule has 6 N–H and O–H groups in total. The number of aliphatic hydroxyl groups excluding tert-OH is 5. The lowest BCUT2D eigenvalue weighted by Crippen LogP contribution is -2.60. The van der Waals surface area contributed by atoms with E-state index in [1.54, 1.807) is 6.08 Å². The predicted molar refractivity (Wildman–Crippen MR) is 346 cm³/mol. The van der Waals surface area contributed by atoms with Crippen LogP contribution in [0.3, 0.4) is 0 Å². The summed E-state index contributed by atoms with van der Waals surface area (Å²) < 4.78 is 11.3. The van der Waals surface area contributed by atoms with Crippen LogP contribution in [0.25, 0.3) is 0 Å². The van der Waals surface area contributed by atoms with Crippen molar-refractivity contribution >= 4 is 5.91 Å². The summed E-state index contributed by atoms with van der Waals surface area (Å²) in [7, 11) is 0. The molecule has 1 aliphatic heterocycles. The van der Waals surface area contributed by atoms with Crippen LogP contribution in [0.15, 0.2) is 48.6 Å². The van der Waals surface area contributed by atoms with Crippen molar-refractivity contribution in [2.45, 2.75) is 391 Å². The van der Waals surface area contributed by atoms with E-state index in [4.69, 9.17) is 9.47 Å². The predicted octanol–water partition coefficient (Wildman–Crippen LogP) is 19.2. The molecule has 476 valence electrons. The minimum Gasteiger partial charge on any atom is -0.394 e. The lowest BCUT2D eigenvalue weighted by molar-refractivity contribution is -0.302. The largest absolute Gasteiger partial charge is 0.394 e. The molecule has 1 rings (SSSR count). The van der Waals surface area contributed by atoms with Gasteiger partial charge in [-0.2, -0.15) is 0 Å². The maximum Gasteiger partial charge on any atom is 0.220 e. The number of allylic oxidation sites excluding steroid dienone is 7. The van der Waals surface area contributed by atoms with Crippen LogP contribution in [0, 0.1) is 0 Å². The minimum absolute atomic E-state index is 0.185. The highest BCUT2D eigenvalue weighted by Crippen LogP contribution is 2.23. The molecule has 9 nitrogen and oxygen atoms in total. The molecule has 0 aliphatic carbocycles. The summed E-state index contributed by atoms with van der Waals surface area (Å²) >= 11 is 0. The highest BCUT2D eigenvalue weighted by atomic mass is 16.7. The van der Waals surface area contributed by atoms with Crippen LogP contribution >= 0.6 is 0 Å². The first-order chi connectivity index (χ1) is 39.8. The maximum absolute atomic E-state index is 13.1. The van der Waals surface area contributed by atoms with Crippen LogP contribution in [0.5, 0.6) is 0 Å². The van der Waals surface area contributed by atoms with Crippen molar-refractivity contribution in [2.24, 2.45) is 0 Å². The quantitative estimate of drug-likeness (QED) is 0.0261. The zero-order valence-electron chi connectivity index (χ0n) is 53.3. The van der Waals surface area contributed by atoms with Gasteiger partial charge in [0.15, 0.2) is 6.29 Å². The van der Waals surface area contributed by atoms with E-state index in [9.17, 15) is 30.3 Å². The van der Waals surface area contributed by atoms with Gasteiger partial charge in [-0.1, -0.05) is 319 Å². The molecule has 0 radical (unpaired) electrons. The SMILES string of the molecule is CCCCCCCCC/C=C/CC/C=C/CC/C=C/C(O)C(COC1OC(CO)C(O)C(O)C1O)NC(=O)CCCCCCCCCCCCCCCCCCCCCCCCCCCCCCC/C=C\CCCCCCCCCC. The molecule has 7 unspecified atom stereocenters. The van der Waals surface area contributed by atoms with Crippen LogP contribution in [0.4, 0.5) is 0 Å². The smallest absolute Gasteiger partial charge is 0.220 e. The first-order valence-electron chi connectivity index (χ1n) is 35.4. The van der Waals surface area contributed by atoms with Crippen molar-refractivity contribution in [3.05, 3.63) is 48.6 Å². The van der Waals surface area contributed by atoms with Crippen LogP contribution in [-0.4, -0.2) is 87.5 Å².